The predicted molar refractivity (Wildman–Crippen MR) is 81.2 cm³/mol. The highest BCUT2D eigenvalue weighted by Crippen LogP contribution is 2.23. The Kier molecular flexibility index (Phi) is 4.22. The fraction of sp³-hybridized carbons (Fsp3) is 0.438. The highest BCUT2D eigenvalue weighted by molar-refractivity contribution is 5.57. The molecule has 1 N–H and O–H groups in total. The zero-order valence-electron chi connectivity index (χ0n) is 12.5. The second kappa shape index (κ2) is 6.28. The smallest absolute Gasteiger partial charge is 0.209 e. The fourth-order valence-corrected chi connectivity index (χ4v) is 2.56. The minimum atomic E-state index is 0.509. The van der Waals surface area contributed by atoms with Gasteiger partial charge in [-0.3, -0.25) is 4.90 Å². The summed E-state index contributed by atoms with van der Waals surface area (Å²) in [5.41, 5.74) is 1.02. The van der Waals surface area contributed by atoms with Crippen molar-refractivity contribution in [2.45, 2.75) is 19.5 Å². The van der Waals surface area contributed by atoms with E-state index in [1.54, 1.807) is 13.3 Å². The summed E-state index contributed by atoms with van der Waals surface area (Å²) in [6.07, 6.45) is 1.80. The molecule has 1 aromatic heterocycles. The van der Waals surface area contributed by atoms with E-state index >= 15 is 0 Å². The van der Waals surface area contributed by atoms with Crippen molar-refractivity contribution >= 4 is 0 Å². The van der Waals surface area contributed by atoms with Crippen LogP contribution in [0.15, 0.2) is 34.9 Å². The van der Waals surface area contributed by atoms with Crippen molar-refractivity contribution in [1.29, 1.82) is 0 Å². The van der Waals surface area contributed by atoms with Crippen molar-refractivity contribution in [3.63, 3.8) is 0 Å². The number of aromatic nitrogens is 1. The number of nitrogens with one attached hydrogen (secondary N) is 1. The molecule has 3 rings (SSSR count). The fourth-order valence-electron chi connectivity index (χ4n) is 2.56. The normalized spacial score (nSPS) is 19.6. The summed E-state index contributed by atoms with van der Waals surface area (Å²) < 4.78 is 11.0. The Balaban J connectivity index is 1.70. The van der Waals surface area contributed by atoms with Gasteiger partial charge in [-0.15, -0.1) is 0 Å². The highest BCUT2D eigenvalue weighted by Gasteiger charge is 2.20. The third-order valence-electron chi connectivity index (χ3n) is 3.91. The van der Waals surface area contributed by atoms with Crippen LogP contribution in [0.2, 0.25) is 0 Å². The quantitative estimate of drug-likeness (QED) is 0.933. The number of methoxy groups -OCH3 is 1. The van der Waals surface area contributed by atoms with Crippen molar-refractivity contribution in [3.05, 3.63) is 36.4 Å². The Bertz CT molecular complexity index is 579. The maximum absolute atomic E-state index is 5.88. The van der Waals surface area contributed by atoms with Gasteiger partial charge in [-0.2, -0.15) is 0 Å². The highest BCUT2D eigenvalue weighted by atomic mass is 16.5. The van der Waals surface area contributed by atoms with Crippen LogP contribution in [-0.2, 0) is 6.54 Å². The van der Waals surface area contributed by atoms with Crippen molar-refractivity contribution in [2.75, 3.05) is 26.7 Å². The van der Waals surface area contributed by atoms with E-state index in [2.05, 4.69) is 22.1 Å². The number of hydrogen-bond acceptors (Lipinski definition) is 5. The Hall–Kier alpha value is -1.85. The molecule has 1 atom stereocenters. The molecule has 0 amide bonds. The van der Waals surface area contributed by atoms with E-state index < -0.39 is 0 Å². The second-order valence-electron chi connectivity index (χ2n) is 5.37. The Morgan fingerprint density at radius 3 is 2.90 bits per heavy atom. The molecule has 1 aliphatic heterocycles. The van der Waals surface area contributed by atoms with E-state index in [0.29, 0.717) is 6.04 Å². The van der Waals surface area contributed by atoms with Gasteiger partial charge in [-0.05, 0) is 31.2 Å². The zero-order chi connectivity index (χ0) is 14.7. The number of benzene rings is 1. The molecule has 0 radical (unpaired) electrons. The van der Waals surface area contributed by atoms with E-state index in [-0.39, 0.29) is 0 Å². The predicted octanol–water partition coefficient (Wildman–Crippen LogP) is 2.14. The molecular formula is C16H21N3O2. The molecule has 1 fully saturated rings. The van der Waals surface area contributed by atoms with Gasteiger partial charge < -0.3 is 14.5 Å². The molecular weight excluding hydrogens is 266 g/mol. The Morgan fingerprint density at radius 1 is 1.38 bits per heavy atom. The van der Waals surface area contributed by atoms with Gasteiger partial charge in [-0.1, -0.05) is 0 Å². The molecule has 2 heterocycles. The molecule has 21 heavy (non-hydrogen) atoms. The number of ether oxygens (including phenoxy) is 1. The van der Waals surface area contributed by atoms with Crippen LogP contribution in [0.3, 0.4) is 0 Å². The Morgan fingerprint density at radius 2 is 2.19 bits per heavy atom. The first-order valence-electron chi connectivity index (χ1n) is 7.30. The third-order valence-corrected chi connectivity index (χ3v) is 3.91. The molecule has 112 valence electrons. The largest absolute Gasteiger partial charge is 0.497 e. The number of hydrogen-bond donors (Lipinski definition) is 1. The van der Waals surface area contributed by atoms with E-state index in [0.717, 1.165) is 49.1 Å². The van der Waals surface area contributed by atoms with Crippen LogP contribution < -0.4 is 10.1 Å². The van der Waals surface area contributed by atoms with Crippen LogP contribution in [0.25, 0.3) is 11.3 Å². The van der Waals surface area contributed by atoms with Crippen LogP contribution in [0.1, 0.15) is 12.8 Å². The average molecular weight is 287 g/mol. The lowest BCUT2D eigenvalue weighted by atomic mass is 10.2. The Labute approximate surface area is 124 Å². The lowest BCUT2D eigenvalue weighted by molar-refractivity contribution is 0.151. The summed E-state index contributed by atoms with van der Waals surface area (Å²) in [6, 6.07) is 8.33. The molecule has 0 unspecified atom stereocenters. The summed E-state index contributed by atoms with van der Waals surface area (Å²) in [6.45, 7) is 6.06. The summed E-state index contributed by atoms with van der Waals surface area (Å²) in [4.78, 5) is 6.79. The third kappa shape index (κ3) is 3.25. The van der Waals surface area contributed by atoms with Crippen molar-refractivity contribution in [1.82, 2.24) is 15.2 Å². The van der Waals surface area contributed by atoms with Crippen LogP contribution in [0.4, 0.5) is 0 Å². The first-order valence-corrected chi connectivity index (χ1v) is 7.30. The molecule has 5 nitrogen and oxygen atoms in total. The van der Waals surface area contributed by atoms with Gasteiger partial charge in [0.05, 0.1) is 19.9 Å². The van der Waals surface area contributed by atoms with Crippen LogP contribution in [-0.4, -0.2) is 42.7 Å². The first kappa shape index (κ1) is 14.1. The van der Waals surface area contributed by atoms with Gasteiger partial charge in [-0.25, -0.2) is 4.98 Å². The van der Waals surface area contributed by atoms with Gasteiger partial charge >= 0.3 is 0 Å². The topological polar surface area (TPSA) is 50.5 Å². The monoisotopic (exact) mass is 287 g/mol. The van der Waals surface area contributed by atoms with Crippen LogP contribution >= 0.6 is 0 Å². The molecule has 1 saturated heterocycles. The summed E-state index contributed by atoms with van der Waals surface area (Å²) in [7, 11) is 1.66. The van der Waals surface area contributed by atoms with Gasteiger partial charge in [0, 0.05) is 31.2 Å². The maximum atomic E-state index is 5.88. The van der Waals surface area contributed by atoms with Crippen LogP contribution in [0.5, 0.6) is 5.75 Å². The van der Waals surface area contributed by atoms with Crippen molar-refractivity contribution in [3.8, 4) is 17.1 Å². The molecule has 0 saturated carbocycles. The molecule has 0 bridgehead atoms. The summed E-state index contributed by atoms with van der Waals surface area (Å²) >= 11 is 0. The van der Waals surface area contributed by atoms with E-state index in [9.17, 15) is 0 Å². The zero-order valence-corrected chi connectivity index (χ0v) is 12.5. The minimum Gasteiger partial charge on any atom is -0.497 e. The van der Waals surface area contributed by atoms with Gasteiger partial charge in [0.15, 0.2) is 5.76 Å². The van der Waals surface area contributed by atoms with Gasteiger partial charge in [0.1, 0.15) is 5.75 Å². The number of oxazole rings is 1. The lowest BCUT2D eigenvalue weighted by Crippen LogP contribution is -2.49. The summed E-state index contributed by atoms with van der Waals surface area (Å²) in [5.74, 6) is 2.41. The molecule has 5 heteroatoms. The van der Waals surface area contributed by atoms with Crippen molar-refractivity contribution in [2.24, 2.45) is 0 Å². The van der Waals surface area contributed by atoms with Gasteiger partial charge in [0.2, 0.25) is 5.89 Å². The number of piperazine rings is 1. The summed E-state index contributed by atoms with van der Waals surface area (Å²) in [5, 5.41) is 3.39. The maximum Gasteiger partial charge on any atom is 0.209 e. The van der Waals surface area contributed by atoms with E-state index in [1.165, 1.54) is 0 Å². The number of rotatable bonds is 4. The van der Waals surface area contributed by atoms with Gasteiger partial charge in [0.25, 0.3) is 0 Å². The molecule has 2 aromatic rings. The van der Waals surface area contributed by atoms with E-state index in [4.69, 9.17) is 9.15 Å². The van der Waals surface area contributed by atoms with Crippen LogP contribution in [0, 0.1) is 0 Å². The first-order chi connectivity index (χ1) is 10.3. The number of nitrogens with zero attached hydrogens (tertiary/aromatic N) is 2. The second-order valence-corrected chi connectivity index (χ2v) is 5.37. The van der Waals surface area contributed by atoms with Crippen molar-refractivity contribution < 1.29 is 9.15 Å². The SMILES string of the molecule is COc1ccc(-c2cnc(CN3CCNC[C@@H]3C)o2)cc1. The molecule has 0 aliphatic carbocycles. The minimum absolute atomic E-state index is 0.509. The molecule has 1 aliphatic rings. The lowest BCUT2D eigenvalue weighted by Gasteiger charge is -2.32. The molecule has 0 spiro atoms. The van der Waals surface area contributed by atoms with E-state index in [1.807, 2.05) is 24.3 Å². The average Bonchev–Trinajstić information content (AvgIpc) is 2.98. The molecule has 1 aromatic carbocycles. The standard InChI is InChI=1S/C16H21N3O2/c1-12-9-17-7-8-19(12)11-16-18-10-15(21-16)13-3-5-14(20-2)6-4-13/h3-6,10,12,17H,7-9,11H2,1-2H3/t12-/m0/s1.